The SMILES string of the molecule is Cc1cc(O)c(C2(N)CC2)cc1O. The maximum atomic E-state index is 9.60. The van der Waals surface area contributed by atoms with E-state index < -0.39 is 5.54 Å². The molecule has 0 aromatic heterocycles. The van der Waals surface area contributed by atoms with E-state index in [2.05, 4.69) is 0 Å². The Hall–Kier alpha value is -1.22. The van der Waals surface area contributed by atoms with E-state index in [1.54, 1.807) is 19.1 Å². The van der Waals surface area contributed by atoms with Crippen LogP contribution in [0.15, 0.2) is 12.1 Å². The Labute approximate surface area is 76.8 Å². The van der Waals surface area contributed by atoms with Crippen LogP contribution in [0.1, 0.15) is 24.0 Å². The van der Waals surface area contributed by atoms with Gasteiger partial charge in [-0.1, -0.05) is 0 Å². The van der Waals surface area contributed by atoms with Gasteiger partial charge in [-0.2, -0.15) is 0 Å². The first kappa shape index (κ1) is 8.38. The largest absolute Gasteiger partial charge is 0.508 e. The molecule has 13 heavy (non-hydrogen) atoms. The molecule has 1 aliphatic rings. The van der Waals surface area contributed by atoms with Crippen molar-refractivity contribution in [2.75, 3.05) is 0 Å². The zero-order valence-electron chi connectivity index (χ0n) is 7.54. The van der Waals surface area contributed by atoms with Gasteiger partial charge in [0.25, 0.3) is 0 Å². The summed E-state index contributed by atoms with van der Waals surface area (Å²) in [6.07, 6.45) is 1.76. The zero-order valence-corrected chi connectivity index (χ0v) is 7.54. The average Bonchev–Trinajstić information content (AvgIpc) is 2.77. The van der Waals surface area contributed by atoms with Crippen molar-refractivity contribution in [2.24, 2.45) is 5.73 Å². The lowest BCUT2D eigenvalue weighted by molar-refractivity contribution is 0.444. The smallest absolute Gasteiger partial charge is 0.121 e. The maximum Gasteiger partial charge on any atom is 0.121 e. The molecule has 4 N–H and O–H groups in total. The average molecular weight is 179 g/mol. The quantitative estimate of drug-likeness (QED) is 0.570. The van der Waals surface area contributed by atoms with Crippen molar-refractivity contribution in [3.05, 3.63) is 23.3 Å². The molecule has 0 aliphatic heterocycles. The highest BCUT2D eigenvalue weighted by Gasteiger charge is 2.42. The van der Waals surface area contributed by atoms with Gasteiger partial charge in [-0.25, -0.2) is 0 Å². The fraction of sp³-hybridized carbons (Fsp3) is 0.400. The van der Waals surface area contributed by atoms with Crippen LogP contribution in [0.5, 0.6) is 11.5 Å². The zero-order chi connectivity index (χ0) is 9.64. The van der Waals surface area contributed by atoms with Gasteiger partial charge in [0.1, 0.15) is 11.5 Å². The fourth-order valence-corrected chi connectivity index (χ4v) is 1.48. The predicted octanol–water partition coefficient (Wildman–Crippen LogP) is 1.35. The summed E-state index contributed by atoms with van der Waals surface area (Å²) in [5.41, 5.74) is 6.86. The van der Waals surface area contributed by atoms with E-state index in [-0.39, 0.29) is 11.5 Å². The molecule has 0 amide bonds. The van der Waals surface area contributed by atoms with Crippen LogP contribution in [0, 0.1) is 6.92 Å². The van der Waals surface area contributed by atoms with Crippen LogP contribution in [0.2, 0.25) is 0 Å². The molecule has 0 radical (unpaired) electrons. The molecular weight excluding hydrogens is 166 g/mol. The molecule has 1 fully saturated rings. The summed E-state index contributed by atoms with van der Waals surface area (Å²) in [5.74, 6) is 0.389. The lowest BCUT2D eigenvalue weighted by Crippen LogP contribution is -2.18. The molecule has 3 nitrogen and oxygen atoms in total. The second kappa shape index (κ2) is 2.39. The summed E-state index contributed by atoms with van der Waals surface area (Å²) < 4.78 is 0. The lowest BCUT2D eigenvalue weighted by atomic mass is 10.0. The van der Waals surface area contributed by atoms with Gasteiger partial charge >= 0.3 is 0 Å². The van der Waals surface area contributed by atoms with Gasteiger partial charge in [-0.3, -0.25) is 0 Å². The Morgan fingerprint density at radius 2 is 1.85 bits per heavy atom. The number of hydrogen-bond donors (Lipinski definition) is 3. The van der Waals surface area contributed by atoms with Gasteiger partial charge in [0.15, 0.2) is 0 Å². The molecule has 2 rings (SSSR count). The van der Waals surface area contributed by atoms with Crippen molar-refractivity contribution in [1.29, 1.82) is 0 Å². The number of aromatic hydroxyl groups is 2. The van der Waals surface area contributed by atoms with Gasteiger partial charge in [-0.05, 0) is 37.5 Å². The van der Waals surface area contributed by atoms with E-state index >= 15 is 0 Å². The summed E-state index contributed by atoms with van der Waals surface area (Å²) in [6, 6.07) is 3.12. The molecule has 1 aromatic rings. The first-order valence-electron chi connectivity index (χ1n) is 4.35. The first-order chi connectivity index (χ1) is 6.03. The summed E-state index contributed by atoms with van der Waals surface area (Å²) >= 11 is 0. The monoisotopic (exact) mass is 179 g/mol. The summed E-state index contributed by atoms with van der Waals surface area (Å²) in [7, 11) is 0. The molecule has 3 heteroatoms. The van der Waals surface area contributed by atoms with E-state index in [1.165, 1.54) is 0 Å². The van der Waals surface area contributed by atoms with Gasteiger partial charge in [0.05, 0.1) is 0 Å². The highest BCUT2D eigenvalue weighted by Crippen LogP contribution is 2.47. The molecule has 0 spiro atoms. The van der Waals surface area contributed by atoms with Crippen LogP contribution in [0.3, 0.4) is 0 Å². The second-order valence-electron chi connectivity index (χ2n) is 3.81. The Kier molecular flexibility index (Phi) is 1.54. The van der Waals surface area contributed by atoms with Crippen molar-refractivity contribution in [2.45, 2.75) is 25.3 Å². The number of rotatable bonds is 1. The Morgan fingerprint density at radius 3 is 2.38 bits per heavy atom. The van der Waals surface area contributed by atoms with Crippen LogP contribution in [0.25, 0.3) is 0 Å². The summed E-state index contributed by atoms with van der Waals surface area (Å²) in [6.45, 7) is 1.74. The molecule has 0 atom stereocenters. The van der Waals surface area contributed by atoms with Gasteiger partial charge in [0.2, 0.25) is 0 Å². The van der Waals surface area contributed by atoms with Crippen molar-refractivity contribution in [3.63, 3.8) is 0 Å². The van der Waals surface area contributed by atoms with Gasteiger partial charge < -0.3 is 15.9 Å². The van der Waals surface area contributed by atoms with Crippen LogP contribution < -0.4 is 5.73 Å². The minimum absolute atomic E-state index is 0.190. The maximum absolute atomic E-state index is 9.60. The van der Waals surface area contributed by atoms with E-state index in [0.717, 1.165) is 12.8 Å². The van der Waals surface area contributed by atoms with Crippen molar-refractivity contribution in [1.82, 2.24) is 0 Å². The molecule has 70 valence electrons. The molecule has 0 unspecified atom stereocenters. The Balaban J connectivity index is 2.52. The van der Waals surface area contributed by atoms with Crippen LogP contribution in [0.4, 0.5) is 0 Å². The van der Waals surface area contributed by atoms with Crippen LogP contribution in [-0.2, 0) is 5.54 Å². The Bertz CT molecular complexity index is 356. The summed E-state index contributed by atoms with van der Waals surface area (Å²) in [4.78, 5) is 0. The minimum atomic E-state index is -0.394. The molecule has 1 saturated carbocycles. The van der Waals surface area contributed by atoms with E-state index in [0.29, 0.717) is 11.1 Å². The molecule has 0 saturated heterocycles. The third-order valence-corrected chi connectivity index (χ3v) is 2.64. The number of phenolic OH excluding ortho intramolecular Hbond substituents is 2. The van der Waals surface area contributed by atoms with Crippen LogP contribution >= 0.6 is 0 Å². The molecule has 1 aliphatic carbocycles. The normalized spacial score (nSPS) is 18.6. The van der Waals surface area contributed by atoms with Crippen molar-refractivity contribution < 1.29 is 10.2 Å². The first-order valence-corrected chi connectivity index (χ1v) is 4.35. The Morgan fingerprint density at radius 1 is 1.23 bits per heavy atom. The van der Waals surface area contributed by atoms with Gasteiger partial charge in [0, 0.05) is 11.1 Å². The second-order valence-corrected chi connectivity index (χ2v) is 3.81. The number of benzene rings is 1. The summed E-state index contributed by atoms with van der Waals surface area (Å²) in [5, 5.41) is 19.0. The van der Waals surface area contributed by atoms with Crippen molar-refractivity contribution in [3.8, 4) is 11.5 Å². The molecule has 1 aromatic carbocycles. The number of nitrogens with two attached hydrogens (primary N) is 1. The third-order valence-electron chi connectivity index (χ3n) is 2.64. The lowest BCUT2D eigenvalue weighted by Gasteiger charge is -2.12. The highest BCUT2D eigenvalue weighted by molar-refractivity contribution is 5.49. The molecular formula is C10H13NO2. The number of phenols is 2. The number of hydrogen-bond acceptors (Lipinski definition) is 3. The highest BCUT2D eigenvalue weighted by atomic mass is 16.3. The van der Waals surface area contributed by atoms with Gasteiger partial charge in [-0.15, -0.1) is 0 Å². The molecule has 0 bridgehead atoms. The third kappa shape index (κ3) is 1.25. The van der Waals surface area contributed by atoms with E-state index in [4.69, 9.17) is 5.73 Å². The topological polar surface area (TPSA) is 66.5 Å². The van der Waals surface area contributed by atoms with Crippen LogP contribution in [-0.4, -0.2) is 10.2 Å². The van der Waals surface area contributed by atoms with E-state index in [1.807, 2.05) is 0 Å². The molecule has 0 heterocycles. The minimum Gasteiger partial charge on any atom is -0.508 e. The standard InChI is InChI=1S/C10H13NO2/c1-6-4-9(13)7(5-8(6)12)10(11)2-3-10/h4-5,12-13H,2-3,11H2,1H3. The predicted molar refractivity (Wildman–Crippen MR) is 49.6 cm³/mol. The number of aryl methyl sites for hydroxylation is 1. The van der Waals surface area contributed by atoms with Crippen molar-refractivity contribution >= 4 is 0 Å². The fourth-order valence-electron chi connectivity index (χ4n) is 1.48. The van der Waals surface area contributed by atoms with E-state index in [9.17, 15) is 10.2 Å².